The molecule has 0 saturated heterocycles. The number of nitrogens with zero attached hydrogens (tertiary/aromatic N) is 2. The minimum Gasteiger partial charge on any atom is -0.439 e. The summed E-state index contributed by atoms with van der Waals surface area (Å²) in [7, 11) is 0. The highest BCUT2D eigenvalue weighted by molar-refractivity contribution is 5.39. The van der Waals surface area contributed by atoms with Crippen LogP contribution in [0.5, 0.6) is 11.6 Å². The van der Waals surface area contributed by atoms with Crippen molar-refractivity contribution in [1.82, 2.24) is 4.98 Å². The predicted molar refractivity (Wildman–Crippen MR) is 59.9 cm³/mol. The molecule has 1 heterocycles. The Kier molecular flexibility index (Phi) is 2.70. The maximum Gasteiger partial charge on any atom is 0.219 e. The summed E-state index contributed by atoms with van der Waals surface area (Å²) in [4.78, 5) is 4.00. The molecule has 4 nitrogen and oxygen atoms in total. The molecule has 16 heavy (non-hydrogen) atoms. The summed E-state index contributed by atoms with van der Waals surface area (Å²) in [6, 6.07) is 12.3. The first-order chi connectivity index (χ1) is 7.78. The second kappa shape index (κ2) is 4.32. The number of rotatable bonds is 2. The highest BCUT2D eigenvalue weighted by atomic mass is 16.5. The van der Waals surface area contributed by atoms with E-state index >= 15 is 0 Å². The number of nitrogens with two attached hydrogens (primary N) is 1. The van der Waals surface area contributed by atoms with Crippen molar-refractivity contribution >= 4 is 5.69 Å². The molecule has 1 aromatic heterocycles. The molecule has 78 valence electrons. The van der Waals surface area contributed by atoms with Crippen molar-refractivity contribution in [2.24, 2.45) is 0 Å². The summed E-state index contributed by atoms with van der Waals surface area (Å²) in [6.45, 7) is 0. The number of anilines is 1. The highest BCUT2D eigenvalue weighted by Gasteiger charge is 1.98. The topological polar surface area (TPSA) is 71.9 Å². The molecule has 0 amide bonds. The summed E-state index contributed by atoms with van der Waals surface area (Å²) in [6.07, 6.45) is 1.53. The number of nitriles is 1. The third-order valence-electron chi connectivity index (χ3n) is 1.97. The molecule has 0 saturated carbocycles. The minimum atomic E-state index is 0.471. The number of hydrogen-bond acceptors (Lipinski definition) is 4. The van der Waals surface area contributed by atoms with E-state index in [0.717, 1.165) is 0 Å². The van der Waals surface area contributed by atoms with Gasteiger partial charge in [0.15, 0.2) is 0 Å². The van der Waals surface area contributed by atoms with Crippen LogP contribution in [0.4, 0.5) is 5.69 Å². The fourth-order valence-corrected chi connectivity index (χ4v) is 1.17. The van der Waals surface area contributed by atoms with Crippen LogP contribution < -0.4 is 10.5 Å². The molecule has 0 spiro atoms. The molecule has 1 aromatic carbocycles. The molecule has 4 heteroatoms. The van der Waals surface area contributed by atoms with Gasteiger partial charge in [-0.1, -0.05) is 0 Å². The van der Waals surface area contributed by atoms with Gasteiger partial charge in [-0.25, -0.2) is 4.98 Å². The van der Waals surface area contributed by atoms with Crippen LogP contribution in [0, 0.1) is 11.3 Å². The molecule has 2 rings (SSSR count). The van der Waals surface area contributed by atoms with E-state index in [2.05, 4.69) is 4.98 Å². The number of pyridine rings is 1. The maximum absolute atomic E-state index is 8.63. The smallest absolute Gasteiger partial charge is 0.219 e. The molecular formula is C12H9N3O. The SMILES string of the molecule is N#Cc1ccc(Oc2ccc(N)cn2)cc1. The van der Waals surface area contributed by atoms with Gasteiger partial charge in [0.1, 0.15) is 5.75 Å². The summed E-state index contributed by atoms with van der Waals surface area (Å²) >= 11 is 0. The average molecular weight is 211 g/mol. The van der Waals surface area contributed by atoms with Crippen LogP contribution in [0.2, 0.25) is 0 Å². The van der Waals surface area contributed by atoms with Gasteiger partial charge >= 0.3 is 0 Å². The van der Waals surface area contributed by atoms with Gasteiger partial charge in [-0.15, -0.1) is 0 Å². The number of ether oxygens (including phenoxy) is 1. The third-order valence-corrected chi connectivity index (χ3v) is 1.97. The van der Waals surface area contributed by atoms with E-state index in [-0.39, 0.29) is 0 Å². The van der Waals surface area contributed by atoms with Crippen molar-refractivity contribution in [3.05, 3.63) is 48.2 Å². The molecule has 0 aliphatic rings. The minimum absolute atomic E-state index is 0.471. The van der Waals surface area contributed by atoms with Crippen LogP contribution in [0.3, 0.4) is 0 Å². The Morgan fingerprint density at radius 1 is 1.12 bits per heavy atom. The third kappa shape index (κ3) is 2.28. The molecule has 0 aliphatic heterocycles. The lowest BCUT2D eigenvalue weighted by Crippen LogP contribution is -1.90. The van der Waals surface area contributed by atoms with Crippen molar-refractivity contribution in [3.8, 4) is 17.7 Å². The normalized spacial score (nSPS) is 9.44. The molecule has 0 aliphatic carbocycles. The first-order valence-electron chi connectivity index (χ1n) is 4.67. The lowest BCUT2D eigenvalue weighted by atomic mass is 10.2. The van der Waals surface area contributed by atoms with Crippen molar-refractivity contribution in [2.75, 3.05) is 5.73 Å². The summed E-state index contributed by atoms with van der Waals surface area (Å²) < 4.78 is 5.46. The summed E-state index contributed by atoms with van der Waals surface area (Å²) in [5.74, 6) is 1.11. The molecular weight excluding hydrogens is 202 g/mol. The monoisotopic (exact) mass is 211 g/mol. The molecule has 0 bridgehead atoms. The lowest BCUT2D eigenvalue weighted by molar-refractivity contribution is 0.463. The van der Waals surface area contributed by atoms with Gasteiger partial charge in [-0.3, -0.25) is 0 Å². The number of hydrogen-bond donors (Lipinski definition) is 1. The Morgan fingerprint density at radius 3 is 2.44 bits per heavy atom. The van der Waals surface area contributed by atoms with E-state index in [9.17, 15) is 0 Å². The summed E-state index contributed by atoms with van der Waals surface area (Å²) in [5.41, 5.74) is 6.69. The standard InChI is InChI=1S/C12H9N3O/c13-7-9-1-4-11(5-2-9)16-12-6-3-10(14)8-15-12/h1-6,8H,14H2. The van der Waals surface area contributed by atoms with Crippen molar-refractivity contribution in [2.45, 2.75) is 0 Å². The molecule has 0 atom stereocenters. The van der Waals surface area contributed by atoms with Gasteiger partial charge in [-0.05, 0) is 30.3 Å². The van der Waals surface area contributed by atoms with Crippen LogP contribution >= 0.6 is 0 Å². The molecule has 0 fully saturated rings. The zero-order valence-corrected chi connectivity index (χ0v) is 8.42. The van der Waals surface area contributed by atoms with Gasteiger partial charge in [-0.2, -0.15) is 5.26 Å². The van der Waals surface area contributed by atoms with Gasteiger partial charge in [0.2, 0.25) is 5.88 Å². The quantitative estimate of drug-likeness (QED) is 0.827. The average Bonchev–Trinajstić information content (AvgIpc) is 2.33. The van der Waals surface area contributed by atoms with Crippen LogP contribution in [0.15, 0.2) is 42.6 Å². The first kappa shape index (κ1) is 9.99. The second-order valence-electron chi connectivity index (χ2n) is 3.17. The first-order valence-corrected chi connectivity index (χ1v) is 4.67. The van der Waals surface area contributed by atoms with E-state index in [1.54, 1.807) is 36.4 Å². The molecule has 2 aromatic rings. The Balaban J connectivity index is 2.15. The molecule has 0 radical (unpaired) electrons. The van der Waals surface area contributed by atoms with Crippen molar-refractivity contribution < 1.29 is 4.74 Å². The zero-order valence-electron chi connectivity index (χ0n) is 8.42. The van der Waals surface area contributed by atoms with Crippen molar-refractivity contribution in [1.29, 1.82) is 5.26 Å². The number of aromatic nitrogens is 1. The van der Waals surface area contributed by atoms with E-state index in [1.807, 2.05) is 6.07 Å². The Labute approximate surface area is 92.9 Å². The van der Waals surface area contributed by atoms with E-state index < -0.39 is 0 Å². The highest BCUT2D eigenvalue weighted by Crippen LogP contribution is 2.19. The molecule has 2 N–H and O–H groups in total. The summed E-state index contributed by atoms with van der Waals surface area (Å²) in [5, 5.41) is 8.63. The Bertz CT molecular complexity index is 511. The fourth-order valence-electron chi connectivity index (χ4n) is 1.17. The Hall–Kier alpha value is -2.54. The van der Waals surface area contributed by atoms with Gasteiger partial charge in [0, 0.05) is 6.07 Å². The van der Waals surface area contributed by atoms with E-state index in [0.29, 0.717) is 22.9 Å². The van der Waals surface area contributed by atoms with Gasteiger partial charge in [0.05, 0.1) is 23.5 Å². The largest absolute Gasteiger partial charge is 0.439 e. The molecule has 0 unspecified atom stereocenters. The zero-order chi connectivity index (χ0) is 11.4. The fraction of sp³-hybridized carbons (Fsp3) is 0. The lowest BCUT2D eigenvalue weighted by Gasteiger charge is -2.04. The van der Waals surface area contributed by atoms with Crippen LogP contribution in [0.1, 0.15) is 5.56 Å². The van der Waals surface area contributed by atoms with Crippen LogP contribution in [-0.2, 0) is 0 Å². The van der Waals surface area contributed by atoms with E-state index in [1.165, 1.54) is 6.20 Å². The van der Waals surface area contributed by atoms with Crippen LogP contribution in [-0.4, -0.2) is 4.98 Å². The number of nitrogen functional groups attached to an aromatic ring is 1. The van der Waals surface area contributed by atoms with Gasteiger partial charge < -0.3 is 10.5 Å². The van der Waals surface area contributed by atoms with Crippen molar-refractivity contribution in [3.63, 3.8) is 0 Å². The second-order valence-corrected chi connectivity index (χ2v) is 3.17. The predicted octanol–water partition coefficient (Wildman–Crippen LogP) is 2.33. The van der Waals surface area contributed by atoms with Crippen LogP contribution in [0.25, 0.3) is 0 Å². The number of benzene rings is 1. The maximum atomic E-state index is 8.63. The Morgan fingerprint density at radius 2 is 1.88 bits per heavy atom. The van der Waals surface area contributed by atoms with Gasteiger partial charge in [0.25, 0.3) is 0 Å². The van der Waals surface area contributed by atoms with E-state index in [4.69, 9.17) is 15.7 Å².